The van der Waals surface area contributed by atoms with Crippen LogP contribution in [0, 0.1) is 0 Å². The van der Waals surface area contributed by atoms with Crippen LogP contribution in [0.15, 0.2) is 0 Å². The third kappa shape index (κ3) is 2.71. The lowest BCUT2D eigenvalue weighted by Gasteiger charge is -1.94. The van der Waals surface area contributed by atoms with Gasteiger partial charge in [-0.3, -0.25) is 0 Å². The Labute approximate surface area is 74.1 Å². The summed E-state index contributed by atoms with van der Waals surface area (Å²) in [6.45, 7) is -0.310. The van der Waals surface area contributed by atoms with Crippen LogP contribution in [0.3, 0.4) is 0 Å². The van der Waals surface area contributed by atoms with Crippen molar-refractivity contribution in [3.63, 3.8) is 0 Å². The summed E-state index contributed by atoms with van der Waals surface area (Å²) in [4.78, 5) is 13.9. The van der Waals surface area contributed by atoms with Gasteiger partial charge in [-0.1, -0.05) is 0 Å². The molecule has 1 heterocycles. The summed E-state index contributed by atoms with van der Waals surface area (Å²) in [5.41, 5.74) is 5.39. The van der Waals surface area contributed by atoms with Crippen molar-refractivity contribution in [3.05, 3.63) is 5.82 Å². The van der Waals surface area contributed by atoms with Gasteiger partial charge < -0.3 is 15.6 Å². The van der Waals surface area contributed by atoms with Crippen LogP contribution in [0.2, 0.25) is 0 Å². The predicted octanol–water partition coefficient (Wildman–Crippen LogP) is -1.00. The smallest absolute Gasteiger partial charge is 0.329 e. The van der Waals surface area contributed by atoms with Crippen LogP contribution in [-0.4, -0.2) is 32.4 Å². The first-order valence-electron chi connectivity index (χ1n) is 3.54. The average molecular weight is 186 g/mol. The molecule has 0 spiro atoms. The molecule has 0 atom stereocenters. The van der Waals surface area contributed by atoms with Crippen LogP contribution < -0.4 is 5.73 Å². The number of hydrogen-bond donors (Lipinski definition) is 2. The number of carboxylic acid groups (broad SMARTS) is 1. The number of aryl methyl sites for hydroxylation is 1. The molecule has 0 aromatic carbocycles. The summed E-state index contributed by atoms with van der Waals surface area (Å²) in [6, 6.07) is 0. The van der Waals surface area contributed by atoms with Crippen molar-refractivity contribution in [2.75, 3.05) is 12.3 Å². The zero-order valence-corrected chi connectivity index (χ0v) is 7.10. The van der Waals surface area contributed by atoms with Crippen molar-refractivity contribution in [1.29, 1.82) is 0 Å². The number of aliphatic carboxylic acids is 1. The van der Waals surface area contributed by atoms with Crippen molar-refractivity contribution >= 4 is 11.9 Å². The van der Waals surface area contributed by atoms with Gasteiger partial charge in [-0.2, -0.15) is 10.1 Å². The Morgan fingerprint density at radius 2 is 2.46 bits per heavy atom. The molecule has 3 N–H and O–H groups in total. The van der Waals surface area contributed by atoms with Crippen LogP contribution in [-0.2, 0) is 23.2 Å². The largest absolute Gasteiger partial charge is 0.480 e. The summed E-state index contributed by atoms with van der Waals surface area (Å²) in [5, 5.41) is 12.1. The molecule has 13 heavy (non-hydrogen) atoms. The minimum Gasteiger partial charge on any atom is -0.480 e. The number of nitrogen functional groups attached to an aromatic ring is 1. The highest BCUT2D eigenvalue weighted by Gasteiger charge is 2.04. The maximum Gasteiger partial charge on any atom is 0.329 e. The SMILES string of the molecule is Cn1nc(COCC(=O)O)nc1N. The van der Waals surface area contributed by atoms with Crippen LogP contribution in [0.1, 0.15) is 5.82 Å². The molecule has 1 aromatic rings. The Kier molecular flexibility index (Phi) is 2.80. The molecule has 0 saturated carbocycles. The van der Waals surface area contributed by atoms with E-state index in [1.165, 1.54) is 4.68 Å². The second kappa shape index (κ2) is 3.85. The highest BCUT2D eigenvalue weighted by atomic mass is 16.5. The topological polar surface area (TPSA) is 103 Å². The molecule has 0 unspecified atom stereocenters. The predicted molar refractivity (Wildman–Crippen MR) is 42.7 cm³/mol. The van der Waals surface area contributed by atoms with Crippen molar-refractivity contribution in [1.82, 2.24) is 14.8 Å². The van der Waals surface area contributed by atoms with Gasteiger partial charge in [-0.05, 0) is 0 Å². The number of aromatic nitrogens is 3. The quantitative estimate of drug-likeness (QED) is 0.625. The molecule has 0 aliphatic carbocycles. The van der Waals surface area contributed by atoms with Gasteiger partial charge in [0.25, 0.3) is 0 Å². The molecule has 0 bridgehead atoms. The van der Waals surface area contributed by atoms with Crippen LogP contribution in [0.5, 0.6) is 0 Å². The molecule has 7 heteroatoms. The molecule has 1 aromatic heterocycles. The summed E-state index contributed by atoms with van der Waals surface area (Å²) in [5.74, 6) is -0.376. The fraction of sp³-hybridized carbons (Fsp3) is 0.500. The van der Waals surface area contributed by atoms with E-state index >= 15 is 0 Å². The maximum atomic E-state index is 10.1. The summed E-state index contributed by atoms with van der Waals surface area (Å²) in [7, 11) is 1.64. The molecule has 0 fully saturated rings. The lowest BCUT2D eigenvalue weighted by atomic mass is 10.6. The molecule has 72 valence electrons. The molecular weight excluding hydrogens is 176 g/mol. The van der Waals surface area contributed by atoms with Gasteiger partial charge in [0.05, 0.1) is 0 Å². The zero-order chi connectivity index (χ0) is 9.84. The number of rotatable bonds is 4. The van der Waals surface area contributed by atoms with E-state index in [9.17, 15) is 4.79 Å². The highest BCUT2D eigenvalue weighted by molar-refractivity contribution is 5.67. The summed E-state index contributed by atoms with van der Waals surface area (Å²) in [6.07, 6.45) is 0. The molecular formula is C6H10N4O3. The Bertz CT molecular complexity index is 289. The lowest BCUT2D eigenvalue weighted by molar-refractivity contribution is -0.142. The fourth-order valence-electron chi connectivity index (χ4n) is 0.742. The van der Waals surface area contributed by atoms with Crippen LogP contribution in [0.4, 0.5) is 5.95 Å². The van der Waals surface area contributed by atoms with E-state index in [0.29, 0.717) is 5.82 Å². The van der Waals surface area contributed by atoms with Gasteiger partial charge in [-0.15, -0.1) is 0 Å². The van der Waals surface area contributed by atoms with Gasteiger partial charge in [0, 0.05) is 7.05 Å². The van der Waals surface area contributed by atoms with Crippen LogP contribution in [0.25, 0.3) is 0 Å². The minimum atomic E-state index is -1.02. The van der Waals surface area contributed by atoms with E-state index < -0.39 is 5.97 Å². The first kappa shape index (κ1) is 9.46. The van der Waals surface area contributed by atoms with E-state index in [1.54, 1.807) is 7.05 Å². The molecule has 0 radical (unpaired) electrons. The van der Waals surface area contributed by atoms with Gasteiger partial charge >= 0.3 is 5.97 Å². The first-order chi connectivity index (χ1) is 6.09. The van der Waals surface area contributed by atoms with E-state index in [0.717, 1.165) is 0 Å². The molecule has 0 amide bonds. The second-order valence-corrected chi connectivity index (χ2v) is 2.40. The summed E-state index contributed by atoms with van der Waals surface area (Å²) >= 11 is 0. The standard InChI is InChI=1S/C6H10N4O3/c1-10-6(7)8-4(9-10)2-13-3-5(11)12/h2-3H2,1H3,(H,11,12)(H2,7,8,9). The average Bonchev–Trinajstić information content (AvgIpc) is 2.30. The van der Waals surface area contributed by atoms with Gasteiger partial charge in [-0.25, -0.2) is 9.48 Å². The number of carbonyl (C=O) groups is 1. The van der Waals surface area contributed by atoms with E-state index in [4.69, 9.17) is 15.6 Å². The molecule has 7 nitrogen and oxygen atoms in total. The monoisotopic (exact) mass is 186 g/mol. The number of ether oxygens (including phenoxy) is 1. The maximum absolute atomic E-state index is 10.1. The van der Waals surface area contributed by atoms with Gasteiger partial charge in [0.2, 0.25) is 5.95 Å². The number of carboxylic acids is 1. The van der Waals surface area contributed by atoms with Crippen LogP contribution >= 0.6 is 0 Å². The fourth-order valence-corrected chi connectivity index (χ4v) is 0.742. The minimum absolute atomic E-state index is 0.0529. The number of hydrogen-bond acceptors (Lipinski definition) is 5. The lowest BCUT2D eigenvalue weighted by Crippen LogP contribution is -2.07. The Morgan fingerprint density at radius 1 is 1.77 bits per heavy atom. The van der Waals surface area contributed by atoms with Gasteiger partial charge in [0.15, 0.2) is 5.82 Å². The third-order valence-electron chi connectivity index (χ3n) is 1.30. The normalized spacial score (nSPS) is 10.2. The Morgan fingerprint density at radius 3 is 2.92 bits per heavy atom. The van der Waals surface area contributed by atoms with Crippen molar-refractivity contribution in [2.45, 2.75) is 6.61 Å². The highest BCUT2D eigenvalue weighted by Crippen LogP contribution is 1.98. The van der Waals surface area contributed by atoms with E-state index in [2.05, 4.69) is 10.1 Å². The summed E-state index contributed by atoms with van der Waals surface area (Å²) < 4.78 is 6.14. The second-order valence-electron chi connectivity index (χ2n) is 2.40. The number of nitrogens with two attached hydrogens (primary N) is 1. The number of nitrogens with zero attached hydrogens (tertiary/aromatic N) is 3. The van der Waals surface area contributed by atoms with Crippen molar-refractivity contribution in [3.8, 4) is 0 Å². The Hall–Kier alpha value is -1.63. The van der Waals surface area contributed by atoms with Crippen molar-refractivity contribution < 1.29 is 14.6 Å². The zero-order valence-electron chi connectivity index (χ0n) is 7.10. The molecule has 0 saturated heterocycles. The van der Waals surface area contributed by atoms with E-state index in [-0.39, 0.29) is 19.2 Å². The molecule has 0 aliphatic rings. The third-order valence-corrected chi connectivity index (χ3v) is 1.30. The molecule has 1 rings (SSSR count). The van der Waals surface area contributed by atoms with Gasteiger partial charge in [0.1, 0.15) is 13.2 Å². The van der Waals surface area contributed by atoms with Crippen molar-refractivity contribution in [2.24, 2.45) is 7.05 Å². The van der Waals surface area contributed by atoms with E-state index in [1.807, 2.05) is 0 Å². The molecule has 0 aliphatic heterocycles. The Balaban J connectivity index is 2.41. The first-order valence-corrected chi connectivity index (χ1v) is 3.54. The number of anilines is 1.